The van der Waals surface area contributed by atoms with Gasteiger partial charge in [0.25, 0.3) is 0 Å². The summed E-state index contributed by atoms with van der Waals surface area (Å²) in [6.45, 7) is 4.55. The van der Waals surface area contributed by atoms with E-state index in [4.69, 9.17) is 6.42 Å². The van der Waals surface area contributed by atoms with E-state index >= 15 is 0 Å². The summed E-state index contributed by atoms with van der Waals surface area (Å²) in [5.74, 6) is 2.14. The van der Waals surface area contributed by atoms with Crippen LogP contribution in [0, 0.1) is 18.2 Å². The largest absolute Gasteiger partial charge is 0.389 e. The molecule has 1 atom stereocenters. The zero-order valence-electron chi connectivity index (χ0n) is 9.57. The third-order valence-electron chi connectivity index (χ3n) is 2.46. The molecule has 3 heteroatoms. The molecule has 1 rings (SSSR count). The predicted octanol–water partition coefficient (Wildman–Crippen LogP) is 2.34. The van der Waals surface area contributed by atoms with Crippen LogP contribution in [0.25, 0.3) is 0 Å². The molecule has 0 saturated heterocycles. The molecule has 1 aromatic carbocycles. The number of benzene rings is 1. The van der Waals surface area contributed by atoms with E-state index in [9.17, 15) is 9.50 Å². The van der Waals surface area contributed by atoms with Crippen molar-refractivity contribution in [1.29, 1.82) is 0 Å². The van der Waals surface area contributed by atoms with Crippen LogP contribution in [0.1, 0.15) is 25.5 Å². The van der Waals surface area contributed by atoms with E-state index in [0.717, 1.165) is 0 Å². The normalized spacial score (nSPS) is 11.9. The van der Waals surface area contributed by atoms with Crippen molar-refractivity contribution in [3.63, 3.8) is 0 Å². The maximum atomic E-state index is 13.7. The lowest BCUT2D eigenvalue weighted by Gasteiger charge is -2.21. The topological polar surface area (TPSA) is 23.5 Å². The zero-order chi connectivity index (χ0) is 12.1. The lowest BCUT2D eigenvalue weighted by Crippen LogP contribution is -2.23. The van der Waals surface area contributed by atoms with Crippen LogP contribution in [0.2, 0.25) is 0 Å². The molecule has 0 unspecified atom stereocenters. The molecule has 2 nitrogen and oxygen atoms in total. The van der Waals surface area contributed by atoms with Gasteiger partial charge in [0.2, 0.25) is 0 Å². The molecule has 0 heterocycles. The lowest BCUT2D eigenvalue weighted by molar-refractivity contribution is 0.199. The minimum absolute atomic E-state index is 0.351. The third-order valence-corrected chi connectivity index (χ3v) is 2.46. The molecule has 0 aromatic heterocycles. The molecule has 0 aliphatic heterocycles. The van der Waals surface area contributed by atoms with Gasteiger partial charge in [-0.3, -0.25) is 0 Å². The van der Waals surface area contributed by atoms with Gasteiger partial charge in [0, 0.05) is 6.54 Å². The van der Waals surface area contributed by atoms with Gasteiger partial charge in [-0.1, -0.05) is 12.0 Å². The molecule has 0 fully saturated rings. The van der Waals surface area contributed by atoms with Gasteiger partial charge in [-0.2, -0.15) is 0 Å². The van der Waals surface area contributed by atoms with Crippen molar-refractivity contribution < 1.29 is 9.50 Å². The maximum absolute atomic E-state index is 13.7. The van der Waals surface area contributed by atoms with Crippen molar-refractivity contribution in [2.24, 2.45) is 0 Å². The number of anilines is 1. The molecule has 1 N–H and O–H groups in total. The van der Waals surface area contributed by atoms with Gasteiger partial charge >= 0.3 is 0 Å². The summed E-state index contributed by atoms with van der Waals surface area (Å²) in [6, 6.07) is 4.71. The molecule has 0 aliphatic rings. The first-order chi connectivity index (χ1) is 7.60. The van der Waals surface area contributed by atoms with E-state index in [1.54, 1.807) is 24.0 Å². The first-order valence-corrected chi connectivity index (χ1v) is 5.26. The standard InChI is InChI=1S/C13H16FNO/c1-4-8-15(5-2)13-7-6-11(10(3)16)9-12(13)14/h1,6-7,9-10,16H,5,8H2,2-3H3/t10-/m0/s1. The average Bonchev–Trinajstić information content (AvgIpc) is 2.26. The minimum Gasteiger partial charge on any atom is -0.389 e. The van der Waals surface area contributed by atoms with Crippen LogP contribution in [0.15, 0.2) is 18.2 Å². The van der Waals surface area contributed by atoms with Crippen LogP contribution in [0.5, 0.6) is 0 Å². The van der Waals surface area contributed by atoms with Crippen molar-refractivity contribution in [3.05, 3.63) is 29.6 Å². The second-order valence-corrected chi connectivity index (χ2v) is 3.61. The van der Waals surface area contributed by atoms with Crippen LogP contribution in [0.4, 0.5) is 10.1 Å². The summed E-state index contributed by atoms with van der Waals surface area (Å²) >= 11 is 0. The van der Waals surface area contributed by atoms with Gasteiger partial charge in [-0.25, -0.2) is 4.39 Å². The summed E-state index contributed by atoms with van der Waals surface area (Å²) in [5.41, 5.74) is 1.04. The predicted molar refractivity (Wildman–Crippen MR) is 63.8 cm³/mol. The highest BCUT2D eigenvalue weighted by Crippen LogP contribution is 2.23. The number of hydrogen-bond acceptors (Lipinski definition) is 2. The number of aliphatic hydroxyl groups excluding tert-OH is 1. The average molecular weight is 221 g/mol. The Hall–Kier alpha value is -1.53. The molecule has 16 heavy (non-hydrogen) atoms. The SMILES string of the molecule is C#CCN(CC)c1ccc([C@H](C)O)cc1F. The molecule has 86 valence electrons. The van der Waals surface area contributed by atoms with Gasteiger partial charge in [0.15, 0.2) is 0 Å². The Bertz CT molecular complexity index is 395. The molecular weight excluding hydrogens is 205 g/mol. The zero-order valence-corrected chi connectivity index (χ0v) is 9.57. The highest BCUT2D eigenvalue weighted by atomic mass is 19.1. The van der Waals surface area contributed by atoms with Crippen molar-refractivity contribution in [2.75, 3.05) is 18.0 Å². The van der Waals surface area contributed by atoms with Crippen LogP contribution in [-0.2, 0) is 0 Å². The van der Waals surface area contributed by atoms with Gasteiger partial charge < -0.3 is 10.0 Å². The second-order valence-electron chi connectivity index (χ2n) is 3.61. The monoisotopic (exact) mass is 221 g/mol. The first-order valence-electron chi connectivity index (χ1n) is 5.26. The van der Waals surface area contributed by atoms with Crippen molar-refractivity contribution in [2.45, 2.75) is 20.0 Å². The van der Waals surface area contributed by atoms with E-state index in [-0.39, 0.29) is 5.82 Å². The number of nitrogens with zero attached hydrogens (tertiary/aromatic N) is 1. The van der Waals surface area contributed by atoms with Gasteiger partial charge in [0.1, 0.15) is 5.82 Å². The first kappa shape index (κ1) is 12.5. The Labute approximate surface area is 95.7 Å². The Morgan fingerprint density at radius 1 is 1.56 bits per heavy atom. The Kier molecular flexibility index (Phi) is 4.33. The molecule has 0 radical (unpaired) electrons. The maximum Gasteiger partial charge on any atom is 0.146 e. The fourth-order valence-electron chi connectivity index (χ4n) is 1.52. The molecule has 0 aliphatic carbocycles. The molecule has 0 bridgehead atoms. The summed E-state index contributed by atoms with van der Waals surface area (Å²) in [7, 11) is 0. The summed E-state index contributed by atoms with van der Waals surface area (Å²) in [5, 5.41) is 9.33. The van der Waals surface area contributed by atoms with E-state index in [0.29, 0.717) is 24.3 Å². The van der Waals surface area contributed by atoms with Gasteiger partial charge in [-0.15, -0.1) is 6.42 Å². The fourth-order valence-corrected chi connectivity index (χ4v) is 1.52. The van der Waals surface area contributed by atoms with Crippen molar-refractivity contribution >= 4 is 5.69 Å². The highest BCUT2D eigenvalue weighted by molar-refractivity contribution is 5.50. The number of rotatable bonds is 4. The van der Waals surface area contributed by atoms with Crippen molar-refractivity contribution in [3.8, 4) is 12.3 Å². The summed E-state index contributed by atoms with van der Waals surface area (Å²) in [6.07, 6.45) is 4.56. The van der Waals surface area contributed by atoms with E-state index in [2.05, 4.69) is 5.92 Å². The molecule has 0 saturated carbocycles. The molecule has 1 aromatic rings. The van der Waals surface area contributed by atoms with E-state index < -0.39 is 6.10 Å². The minimum atomic E-state index is -0.661. The lowest BCUT2D eigenvalue weighted by atomic mass is 10.1. The van der Waals surface area contributed by atoms with Crippen LogP contribution >= 0.6 is 0 Å². The fraction of sp³-hybridized carbons (Fsp3) is 0.385. The Balaban J connectivity index is 3.02. The smallest absolute Gasteiger partial charge is 0.146 e. The van der Waals surface area contributed by atoms with Crippen LogP contribution in [-0.4, -0.2) is 18.2 Å². The van der Waals surface area contributed by atoms with Crippen LogP contribution < -0.4 is 4.90 Å². The second kappa shape index (κ2) is 5.53. The quantitative estimate of drug-likeness (QED) is 0.789. The number of aliphatic hydroxyl groups is 1. The Morgan fingerprint density at radius 2 is 2.25 bits per heavy atom. The number of terminal acetylenes is 1. The molecular formula is C13H16FNO. The number of hydrogen-bond donors (Lipinski definition) is 1. The number of halogens is 1. The van der Waals surface area contributed by atoms with E-state index in [1.807, 2.05) is 6.92 Å². The summed E-state index contributed by atoms with van der Waals surface area (Å²) < 4.78 is 13.7. The van der Waals surface area contributed by atoms with E-state index in [1.165, 1.54) is 6.07 Å². The van der Waals surface area contributed by atoms with Crippen LogP contribution in [0.3, 0.4) is 0 Å². The van der Waals surface area contributed by atoms with Gasteiger partial charge in [0.05, 0.1) is 18.3 Å². The molecule has 0 amide bonds. The molecule has 0 spiro atoms. The Morgan fingerprint density at radius 3 is 2.69 bits per heavy atom. The third kappa shape index (κ3) is 2.74. The summed E-state index contributed by atoms with van der Waals surface area (Å²) in [4.78, 5) is 1.77. The van der Waals surface area contributed by atoms with Gasteiger partial charge in [-0.05, 0) is 31.5 Å². The highest BCUT2D eigenvalue weighted by Gasteiger charge is 2.11. The van der Waals surface area contributed by atoms with Crippen molar-refractivity contribution in [1.82, 2.24) is 0 Å².